The maximum Gasteiger partial charge on any atom is 0.416 e. The predicted molar refractivity (Wildman–Crippen MR) is 90.8 cm³/mol. The van der Waals surface area contributed by atoms with Crippen LogP contribution in [0, 0.1) is 5.41 Å². The molecule has 0 amide bonds. The summed E-state index contributed by atoms with van der Waals surface area (Å²) in [5, 5.41) is 8.03. The minimum atomic E-state index is -4.37. The van der Waals surface area contributed by atoms with E-state index >= 15 is 0 Å². The van der Waals surface area contributed by atoms with Gasteiger partial charge in [-0.3, -0.25) is 5.41 Å². The van der Waals surface area contributed by atoms with Crippen LogP contribution in [0.5, 0.6) is 0 Å². The summed E-state index contributed by atoms with van der Waals surface area (Å²) in [6.45, 7) is 0.663. The van der Waals surface area contributed by atoms with Gasteiger partial charge in [-0.05, 0) is 29.7 Å². The highest BCUT2D eigenvalue weighted by molar-refractivity contribution is 7.16. The predicted octanol–water partition coefficient (Wildman–Crippen LogP) is 5.16. The van der Waals surface area contributed by atoms with Crippen molar-refractivity contribution in [2.45, 2.75) is 25.1 Å². The minimum absolute atomic E-state index is 0. The smallest absolute Gasteiger partial charge is 0.317 e. The molecular weight excluding hydrogens is 357 g/mol. The highest BCUT2D eigenvalue weighted by Gasteiger charge is 2.34. The van der Waals surface area contributed by atoms with Crippen LogP contribution in [-0.4, -0.2) is 4.57 Å². The van der Waals surface area contributed by atoms with Gasteiger partial charge in [0, 0.05) is 12.5 Å². The number of rotatable bonds is 1. The zero-order valence-corrected chi connectivity index (χ0v) is 14.1. The Morgan fingerprint density at radius 1 is 1.12 bits per heavy atom. The molecule has 126 valence electrons. The van der Waals surface area contributed by atoms with E-state index in [-0.39, 0.29) is 18.3 Å². The lowest BCUT2D eigenvalue weighted by molar-refractivity contribution is -0.137. The number of halogens is 4. The Morgan fingerprint density at radius 3 is 2.50 bits per heavy atom. The van der Waals surface area contributed by atoms with Crippen LogP contribution in [0.2, 0.25) is 0 Å². The topological polar surface area (TPSA) is 28.8 Å². The Labute approximate surface area is 146 Å². The van der Waals surface area contributed by atoms with Crippen molar-refractivity contribution in [1.82, 2.24) is 4.57 Å². The molecule has 0 radical (unpaired) electrons. The van der Waals surface area contributed by atoms with Crippen molar-refractivity contribution < 1.29 is 13.2 Å². The van der Waals surface area contributed by atoms with Crippen LogP contribution in [0.3, 0.4) is 0 Å². The van der Waals surface area contributed by atoms with Crippen molar-refractivity contribution in [2.75, 3.05) is 0 Å². The zero-order chi connectivity index (χ0) is 16.2. The van der Waals surface area contributed by atoms with E-state index in [1.54, 1.807) is 0 Å². The Kier molecular flexibility index (Phi) is 4.21. The Bertz CT molecular complexity index is 944. The molecule has 0 bridgehead atoms. The number of nitrogens with zero attached hydrogens (tertiary/aromatic N) is 1. The van der Waals surface area contributed by atoms with Crippen LogP contribution < -0.4 is 4.80 Å². The minimum Gasteiger partial charge on any atom is -0.317 e. The van der Waals surface area contributed by atoms with Gasteiger partial charge in [0.05, 0.1) is 15.8 Å². The molecule has 4 rings (SSSR count). The van der Waals surface area contributed by atoms with E-state index in [0.29, 0.717) is 28.0 Å². The first-order valence-electron chi connectivity index (χ1n) is 7.29. The quantitative estimate of drug-likeness (QED) is 0.613. The molecule has 2 heterocycles. The summed E-state index contributed by atoms with van der Waals surface area (Å²) in [6.07, 6.45) is -3.67. The van der Waals surface area contributed by atoms with Crippen LogP contribution >= 0.6 is 23.7 Å². The molecule has 1 aromatic heterocycles. The summed E-state index contributed by atoms with van der Waals surface area (Å²) in [6, 6.07) is 12.1. The van der Waals surface area contributed by atoms with E-state index in [0.717, 1.165) is 22.4 Å². The number of nitrogens with one attached hydrogen (secondary N) is 1. The molecule has 0 spiro atoms. The van der Waals surface area contributed by atoms with Crippen LogP contribution in [0.1, 0.15) is 29.0 Å². The van der Waals surface area contributed by atoms with Crippen LogP contribution in [0.25, 0.3) is 10.2 Å². The standard InChI is InChI=1S/C17H13F3N2S.ClH/c18-17(19,20)11-8-13-12(10-4-2-1-3-5-10)6-7-22-15(13)14(9-11)23-16(22)21;/h1-5,8-9,12,21H,6-7H2;1H. The summed E-state index contributed by atoms with van der Waals surface area (Å²) in [7, 11) is 0. The normalized spacial score (nSPS) is 16.9. The van der Waals surface area contributed by atoms with Crippen LogP contribution in [0.4, 0.5) is 13.2 Å². The summed E-state index contributed by atoms with van der Waals surface area (Å²) >= 11 is 1.11. The lowest BCUT2D eigenvalue weighted by Gasteiger charge is -2.26. The fourth-order valence-electron chi connectivity index (χ4n) is 3.34. The molecule has 0 aliphatic carbocycles. The van der Waals surface area contributed by atoms with E-state index < -0.39 is 11.7 Å². The molecule has 0 saturated heterocycles. The van der Waals surface area contributed by atoms with Gasteiger partial charge in [0.1, 0.15) is 0 Å². The second-order valence-corrected chi connectivity index (χ2v) is 6.75. The Hall–Kier alpha value is -1.79. The summed E-state index contributed by atoms with van der Waals surface area (Å²) in [5.41, 5.74) is 1.86. The number of hydrogen-bond acceptors (Lipinski definition) is 2. The van der Waals surface area contributed by atoms with Gasteiger partial charge in [-0.1, -0.05) is 41.7 Å². The molecule has 24 heavy (non-hydrogen) atoms. The van der Waals surface area contributed by atoms with Gasteiger partial charge in [0.2, 0.25) is 0 Å². The Morgan fingerprint density at radius 2 is 1.83 bits per heavy atom. The fourth-order valence-corrected chi connectivity index (χ4v) is 4.36. The van der Waals surface area contributed by atoms with Crippen LogP contribution in [-0.2, 0) is 12.7 Å². The van der Waals surface area contributed by atoms with Crippen molar-refractivity contribution in [3.8, 4) is 0 Å². The molecule has 7 heteroatoms. The molecule has 2 nitrogen and oxygen atoms in total. The van der Waals surface area contributed by atoms with E-state index in [9.17, 15) is 13.2 Å². The number of thiazole rings is 1. The third kappa shape index (κ3) is 2.63. The molecule has 1 unspecified atom stereocenters. The van der Waals surface area contributed by atoms with Crippen molar-refractivity contribution in [1.29, 1.82) is 5.41 Å². The first-order chi connectivity index (χ1) is 10.9. The van der Waals surface area contributed by atoms with E-state index in [1.165, 1.54) is 12.1 Å². The summed E-state index contributed by atoms with van der Waals surface area (Å²) in [5.74, 6) is -0.0602. The van der Waals surface area contributed by atoms with Gasteiger partial charge in [-0.15, -0.1) is 12.4 Å². The summed E-state index contributed by atoms with van der Waals surface area (Å²) < 4.78 is 42.1. The first kappa shape index (κ1) is 17.0. The second kappa shape index (κ2) is 5.93. The lowest BCUT2D eigenvalue weighted by atomic mass is 9.85. The second-order valence-electron chi connectivity index (χ2n) is 5.72. The average Bonchev–Trinajstić information content (AvgIpc) is 2.85. The van der Waals surface area contributed by atoms with Crippen molar-refractivity contribution in [3.05, 3.63) is 64.0 Å². The molecule has 0 saturated carbocycles. The van der Waals surface area contributed by atoms with Gasteiger partial charge >= 0.3 is 6.18 Å². The van der Waals surface area contributed by atoms with Crippen molar-refractivity contribution in [2.24, 2.45) is 0 Å². The third-order valence-electron chi connectivity index (χ3n) is 4.37. The highest BCUT2D eigenvalue weighted by Crippen LogP contribution is 2.42. The largest absolute Gasteiger partial charge is 0.416 e. The van der Waals surface area contributed by atoms with Gasteiger partial charge in [-0.25, -0.2) is 0 Å². The molecule has 0 fully saturated rings. The van der Waals surface area contributed by atoms with Crippen molar-refractivity contribution in [3.63, 3.8) is 0 Å². The van der Waals surface area contributed by atoms with E-state index in [4.69, 9.17) is 5.41 Å². The van der Waals surface area contributed by atoms with Gasteiger partial charge in [-0.2, -0.15) is 13.2 Å². The third-order valence-corrected chi connectivity index (χ3v) is 5.32. The number of aromatic nitrogens is 1. The van der Waals surface area contributed by atoms with Gasteiger partial charge in [0.15, 0.2) is 4.80 Å². The van der Waals surface area contributed by atoms with Crippen LogP contribution in [0.15, 0.2) is 42.5 Å². The maximum atomic E-state index is 13.2. The van der Waals surface area contributed by atoms with E-state index in [1.807, 2.05) is 34.9 Å². The first-order valence-corrected chi connectivity index (χ1v) is 8.11. The van der Waals surface area contributed by atoms with Gasteiger partial charge in [0.25, 0.3) is 0 Å². The average molecular weight is 371 g/mol. The number of benzene rings is 2. The Balaban J connectivity index is 0.00000169. The molecule has 2 aromatic carbocycles. The summed E-state index contributed by atoms with van der Waals surface area (Å²) in [4.78, 5) is 0.312. The number of hydrogen-bond donors (Lipinski definition) is 1. The monoisotopic (exact) mass is 370 g/mol. The SMILES string of the molecule is Cl.N=c1sc2cc(C(F)(F)F)cc3c2n1CCC3c1ccccc1. The van der Waals surface area contributed by atoms with Crippen molar-refractivity contribution >= 4 is 34.0 Å². The molecule has 1 aliphatic heterocycles. The molecule has 1 aliphatic rings. The lowest BCUT2D eigenvalue weighted by Crippen LogP contribution is -2.21. The van der Waals surface area contributed by atoms with Gasteiger partial charge < -0.3 is 4.57 Å². The number of alkyl halides is 3. The molecule has 1 N–H and O–H groups in total. The number of aryl methyl sites for hydroxylation is 1. The fraction of sp³-hybridized carbons (Fsp3) is 0.235. The molecular formula is C17H14ClF3N2S. The molecule has 1 atom stereocenters. The molecule has 3 aromatic rings. The highest BCUT2D eigenvalue weighted by atomic mass is 35.5. The van der Waals surface area contributed by atoms with E-state index in [2.05, 4.69) is 0 Å². The zero-order valence-electron chi connectivity index (χ0n) is 12.4. The maximum absolute atomic E-state index is 13.2.